The molecule has 0 unspecified atom stereocenters. The number of carbonyl (C=O) groups excluding carboxylic acids is 1. The number of rotatable bonds is 2. The molecule has 1 heterocycles. The second-order valence-corrected chi connectivity index (χ2v) is 4.95. The van der Waals surface area contributed by atoms with Gasteiger partial charge in [-0.3, -0.25) is 10.1 Å². The van der Waals surface area contributed by atoms with E-state index >= 15 is 0 Å². The van der Waals surface area contributed by atoms with Crippen LogP contribution in [0.25, 0.3) is 11.1 Å². The van der Waals surface area contributed by atoms with Crippen molar-refractivity contribution in [3.8, 4) is 0 Å². The maximum Gasteiger partial charge on any atom is 0.302 e. The first-order valence-corrected chi connectivity index (χ1v) is 6.04. The third-order valence-electron chi connectivity index (χ3n) is 3.46. The monoisotopic (exact) mass is 245 g/mol. The molecule has 0 aliphatic heterocycles. The molecule has 0 bridgehead atoms. The lowest BCUT2D eigenvalue weighted by molar-refractivity contribution is -0.124. The number of nitrogens with one attached hydrogen (secondary N) is 1. The Bertz CT molecular complexity index is 614. The van der Waals surface area contributed by atoms with E-state index in [1.807, 2.05) is 25.1 Å². The van der Waals surface area contributed by atoms with Gasteiger partial charge in [0.1, 0.15) is 5.52 Å². The van der Waals surface area contributed by atoms with Gasteiger partial charge in [0.15, 0.2) is 5.58 Å². The highest BCUT2D eigenvalue weighted by molar-refractivity contribution is 5.97. The van der Waals surface area contributed by atoms with Gasteiger partial charge in [-0.1, -0.05) is 6.07 Å². The summed E-state index contributed by atoms with van der Waals surface area (Å²) in [7, 11) is 0. The Morgan fingerprint density at radius 3 is 2.94 bits per heavy atom. The van der Waals surface area contributed by atoms with E-state index in [9.17, 15) is 4.79 Å². The average molecular weight is 245 g/mol. The molecule has 2 aromatic rings. The largest absolute Gasteiger partial charge is 0.423 e. The lowest BCUT2D eigenvalue weighted by Gasteiger charge is -2.35. The van der Waals surface area contributed by atoms with Crippen molar-refractivity contribution < 1.29 is 9.21 Å². The Kier molecular flexibility index (Phi) is 2.38. The molecule has 18 heavy (non-hydrogen) atoms. The van der Waals surface area contributed by atoms with Gasteiger partial charge in [0.25, 0.3) is 0 Å². The Morgan fingerprint density at radius 1 is 1.50 bits per heavy atom. The fourth-order valence-electron chi connectivity index (χ4n) is 2.10. The fraction of sp³-hybridized carbons (Fsp3) is 0.385. The molecule has 94 valence electrons. The topological polar surface area (TPSA) is 81.2 Å². The molecule has 5 heteroatoms. The number of oxazole rings is 1. The Morgan fingerprint density at radius 2 is 2.28 bits per heavy atom. The van der Waals surface area contributed by atoms with Crippen LogP contribution in [0.5, 0.6) is 0 Å². The zero-order valence-corrected chi connectivity index (χ0v) is 10.2. The number of anilines is 1. The zero-order valence-electron chi connectivity index (χ0n) is 10.2. The maximum absolute atomic E-state index is 11.9. The van der Waals surface area contributed by atoms with E-state index in [2.05, 4.69) is 10.3 Å². The molecule has 3 rings (SSSR count). The number of hydrogen-bond donors (Lipinski definition) is 2. The molecule has 1 aliphatic carbocycles. The van der Waals surface area contributed by atoms with E-state index < -0.39 is 5.54 Å². The molecule has 0 atom stereocenters. The van der Waals surface area contributed by atoms with Gasteiger partial charge in [0, 0.05) is 0 Å². The third-order valence-corrected chi connectivity index (χ3v) is 3.46. The molecule has 0 spiro atoms. The maximum atomic E-state index is 11.9. The van der Waals surface area contributed by atoms with Crippen LogP contribution in [0.15, 0.2) is 22.6 Å². The highest BCUT2D eigenvalue weighted by Crippen LogP contribution is 2.30. The highest BCUT2D eigenvalue weighted by atomic mass is 16.4. The molecule has 1 aliphatic rings. The van der Waals surface area contributed by atoms with Crippen LogP contribution in [-0.4, -0.2) is 16.4 Å². The van der Waals surface area contributed by atoms with Gasteiger partial charge < -0.3 is 10.2 Å². The van der Waals surface area contributed by atoms with Crippen LogP contribution >= 0.6 is 0 Å². The summed E-state index contributed by atoms with van der Waals surface area (Å²) in [6, 6.07) is 5.91. The number of amides is 1. The van der Waals surface area contributed by atoms with Gasteiger partial charge in [-0.05, 0) is 43.9 Å². The summed E-state index contributed by atoms with van der Waals surface area (Å²) in [5, 5.41) is 2.65. The number of aryl methyl sites for hydroxylation is 1. The minimum absolute atomic E-state index is 0.211. The van der Waals surface area contributed by atoms with Crippen LogP contribution in [0.2, 0.25) is 0 Å². The van der Waals surface area contributed by atoms with Crippen molar-refractivity contribution in [1.82, 2.24) is 4.98 Å². The van der Waals surface area contributed by atoms with Crippen molar-refractivity contribution >= 4 is 23.0 Å². The van der Waals surface area contributed by atoms with Crippen LogP contribution in [-0.2, 0) is 4.79 Å². The van der Waals surface area contributed by atoms with Crippen LogP contribution in [0, 0.1) is 6.92 Å². The highest BCUT2D eigenvalue weighted by Gasteiger charge is 2.40. The van der Waals surface area contributed by atoms with E-state index in [-0.39, 0.29) is 11.9 Å². The van der Waals surface area contributed by atoms with Gasteiger partial charge >= 0.3 is 6.01 Å². The van der Waals surface area contributed by atoms with Crippen molar-refractivity contribution in [2.75, 3.05) is 5.32 Å². The molecule has 5 nitrogen and oxygen atoms in total. The predicted octanol–water partition coefficient (Wildman–Crippen LogP) is 1.96. The Hall–Kier alpha value is -1.88. The van der Waals surface area contributed by atoms with Crippen LogP contribution in [0.1, 0.15) is 24.8 Å². The van der Waals surface area contributed by atoms with Crippen molar-refractivity contribution in [1.29, 1.82) is 0 Å². The normalized spacial score (nSPS) is 17.4. The van der Waals surface area contributed by atoms with Gasteiger partial charge in [0.2, 0.25) is 5.91 Å². The summed E-state index contributed by atoms with van der Waals surface area (Å²) in [5.41, 5.74) is 7.69. The van der Waals surface area contributed by atoms with E-state index in [1.54, 1.807) is 0 Å². The standard InChI is InChI=1S/C13H15N3O2/c1-8-3-4-10-9(7-8)15-12(18-10)16-11(17)13(14)5-2-6-13/h3-4,7H,2,5-6,14H2,1H3,(H,15,16,17). The van der Waals surface area contributed by atoms with Gasteiger partial charge in [-0.2, -0.15) is 4.98 Å². The number of aromatic nitrogens is 1. The number of benzene rings is 1. The molecular weight excluding hydrogens is 230 g/mol. The number of carbonyl (C=O) groups is 1. The summed E-state index contributed by atoms with van der Waals surface area (Å²) in [6.45, 7) is 1.98. The SMILES string of the molecule is Cc1ccc2oc(NC(=O)C3(N)CCC3)nc2c1. The van der Waals surface area contributed by atoms with Gasteiger partial charge in [0.05, 0.1) is 5.54 Å². The Labute approximate surface area is 104 Å². The molecular formula is C13H15N3O2. The van der Waals surface area contributed by atoms with Gasteiger partial charge in [-0.15, -0.1) is 0 Å². The summed E-state index contributed by atoms with van der Waals surface area (Å²) >= 11 is 0. The average Bonchev–Trinajstić information content (AvgIpc) is 2.67. The lowest BCUT2D eigenvalue weighted by Crippen LogP contribution is -2.56. The summed E-state index contributed by atoms with van der Waals surface area (Å²) in [4.78, 5) is 16.2. The minimum atomic E-state index is -0.740. The number of nitrogens with two attached hydrogens (primary N) is 1. The molecule has 3 N–H and O–H groups in total. The smallest absolute Gasteiger partial charge is 0.302 e. The first-order valence-electron chi connectivity index (χ1n) is 6.04. The Balaban J connectivity index is 1.84. The zero-order chi connectivity index (χ0) is 12.8. The van der Waals surface area contributed by atoms with Crippen LogP contribution in [0.4, 0.5) is 6.01 Å². The number of nitrogens with zero attached hydrogens (tertiary/aromatic N) is 1. The molecule has 1 aromatic heterocycles. The number of fused-ring (bicyclic) bond motifs is 1. The fourth-order valence-corrected chi connectivity index (χ4v) is 2.10. The van der Waals surface area contributed by atoms with E-state index in [1.165, 1.54) is 0 Å². The second kappa shape index (κ2) is 3.81. The predicted molar refractivity (Wildman–Crippen MR) is 68.1 cm³/mol. The van der Waals surface area contributed by atoms with Crippen LogP contribution in [0.3, 0.4) is 0 Å². The quantitative estimate of drug-likeness (QED) is 0.847. The molecule has 0 radical (unpaired) electrons. The van der Waals surface area contributed by atoms with E-state index in [0.29, 0.717) is 5.58 Å². The molecule has 1 amide bonds. The van der Waals surface area contributed by atoms with Crippen molar-refractivity contribution in [3.63, 3.8) is 0 Å². The van der Waals surface area contributed by atoms with Gasteiger partial charge in [-0.25, -0.2) is 0 Å². The van der Waals surface area contributed by atoms with E-state index in [4.69, 9.17) is 10.2 Å². The first-order chi connectivity index (χ1) is 8.57. The summed E-state index contributed by atoms with van der Waals surface area (Å²) < 4.78 is 5.46. The third kappa shape index (κ3) is 1.76. The van der Waals surface area contributed by atoms with Crippen molar-refractivity contribution in [3.05, 3.63) is 23.8 Å². The minimum Gasteiger partial charge on any atom is -0.423 e. The molecule has 0 saturated heterocycles. The second-order valence-electron chi connectivity index (χ2n) is 4.95. The lowest BCUT2D eigenvalue weighted by atomic mass is 9.77. The van der Waals surface area contributed by atoms with E-state index in [0.717, 1.165) is 30.3 Å². The number of hydrogen-bond acceptors (Lipinski definition) is 4. The molecule has 1 aromatic carbocycles. The van der Waals surface area contributed by atoms with Crippen molar-refractivity contribution in [2.45, 2.75) is 31.7 Å². The van der Waals surface area contributed by atoms with Crippen LogP contribution < -0.4 is 11.1 Å². The summed E-state index contributed by atoms with van der Waals surface area (Å²) in [5.74, 6) is -0.211. The summed E-state index contributed by atoms with van der Waals surface area (Å²) in [6.07, 6.45) is 2.44. The molecule has 1 fully saturated rings. The first kappa shape index (κ1) is 11.2. The molecule has 1 saturated carbocycles. The van der Waals surface area contributed by atoms with Crippen molar-refractivity contribution in [2.24, 2.45) is 5.73 Å².